The van der Waals surface area contributed by atoms with Gasteiger partial charge in [-0.2, -0.15) is 0 Å². The highest BCUT2D eigenvalue weighted by Gasteiger charge is 2.30. The Morgan fingerprint density at radius 2 is 1.67 bits per heavy atom. The highest BCUT2D eigenvalue weighted by atomic mass is 16.5. The van der Waals surface area contributed by atoms with Crippen LogP contribution in [0.2, 0.25) is 0 Å². The average Bonchev–Trinajstić information content (AvgIpc) is 2.06. The SMILES string of the molecule is CC(O)(c1ccccc1)C(O)O. The minimum atomic E-state index is -1.76. The van der Waals surface area contributed by atoms with Crippen LogP contribution in [0.3, 0.4) is 0 Å². The molecule has 66 valence electrons. The Balaban J connectivity index is 2.98. The molecule has 0 aliphatic rings. The van der Waals surface area contributed by atoms with Gasteiger partial charge in [-0.3, -0.25) is 0 Å². The van der Waals surface area contributed by atoms with Crippen molar-refractivity contribution >= 4 is 0 Å². The second-order valence-electron chi connectivity index (χ2n) is 2.89. The largest absolute Gasteiger partial charge is 0.380 e. The minimum Gasteiger partial charge on any atom is -0.380 e. The predicted molar refractivity (Wildman–Crippen MR) is 44.2 cm³/mol. The molecule has 0 aliphatic heterocycles. The Kier molecular flexibility index (Phi) is 2.47. The summed E-state index contributed by atoms with van der Waals surface area (Å²) in [5.74, 6) is 0. The van der Waals surface area contributed by atoms with Crippen molar-refractivity contribution in [3.05, 3.63) is 35.9 Å². The summed E-state index contributed by atoms with van der Waals surface area (Å²) in [5.41, 5.74) is -1.11. The maximum atomic E-state index is 9.56. The van der Waals surface area contributed by atoms with E-state index < -0.39 is 11.9 Å². The van der Waals surface area contributed by atoms with E-state index >= 15 is 0 Å². The maximum Gasteiger partial charge on any atom is 0.185 e. The van der Waals surface area contributed by atoms with Crippen LogP contribution >= 0.6 is 0 Å². The molecule has 0 saturated carbocycles. The molecule has 0 saturated heterocycles. The topological polar surface area (TPSA) is 60.7 Å². The van der Waals surface area contributed by atoms with E-state index in [1.807, 2.05) is 0 Å². The van der Waals surface area contributed by atoms with Gasteiger partial charge >= 0.3 is 0 Å². The number of rotatable bonds is 2. The molecule has 1 rings (SSSR count). The summed E-state index contributed by atoms with van der Waals surface area (Å²) in [4.78, 5) is 0. The van der Waals surface area contributed by atoms with Crippen molar-refractivity contribution in [3.63, 3.8) is 0 Å². The van der Waals surface area contributed by atoms with Crippen LogP contribution in [0.1, 0.15) is 12.5 Å². The molecule has 0 amide bonds. The smallest absolute Gasteiger partial charge is 0.185 e. The van der Waals surface area contributed by atoms with Crippen LogP contribution in [0.5, 0.6) is 0 Å². The van der Waals surface area contributed by atoms with E-state index in [9.17, 15) is 5.11 Å². The molecule has 3 heteroatoms. The van der Waals surface area contributed by atoms with E-state index in [0.717, 1.165) is 0 Å². The fourth-order valence-corrected chi connectivity index (χ4v) is 0.925. The number of aliphatic hydroxyl groups excluding tert-OH is 1. The van der Waals surface area contributed by atoms with Gasteiger partial charge in [0.05, 0.1) is 0 Å². The number of hydrogen-bond acceptors (Lipinski definition) is 3. The summed E-state index contributed by atoms with van der Waals surface area (Å²) in [6.45, 7) is 1.35. The van der Waals surface area contributed by atoms with E-state index in [1.165, 1.54) is 6.92 Å². The molecule has 1 unspecified atom stereocenters. The molecule has 1 aromatic carbocycles. The number of hydrogen-bond donors (Lipinski definition) is 3. The van der Waals surface area contributed by atoms with Gasteiger partial charge < -0.3 is 15.3 Å². The number of aliphatic hydroxyl groups is 3. The molecule has 3 nitrogen and oxygen atoms in total. The fraction of sp³-hybridized carbons (Fsp3) is 0.333. The quantitative estimate of drug-likeness (QED) is 0.553. The summed E-state index contributed by atoms with van der Waals surface area (Å²) in [7, 11) is 0. The first kappa shape index (κ1) is 9.19. The lowest BCUT2D eigenvalue weighted by Crippen LogP contribution is -2.36. The summed E-state index contributed by atoms with van der Waals surface area (Å²) < 4.78 is 0. The third-order valence-corrected chi connectivity index (χ3v) is 1.86. The van der Waals surface area contributed by atoms with E-state index in [-0.39, 0.29) is 0 Å². The Labute approximate surface area is 70.9 Å². The molecular weight excluding hydrogens is 156 g/mol. The highest BCUT2D eigenvalue weighted by molar-refractivity contribution is 5.21. The molecule has 3 N–H and O–H groups in total. The Hall–Kier alpha value is -0.900. The van der Waals surface area contributed by atoms with Crippen LogP contribution in [0.4, 0.5) is 0 Å². The Morgan fingerprint density at radius 3 is 2.08 bits per heavy atom. The highest BCUT2D eigenvalue weighted by Crippen LogP contribution is 2.22. The summed E-state index contributed by atoms with van der Waals surface area (Å²) in [6, 6.07) is 8.53. The summed E-state index contributed by atoms with van der Waals surface area (Å²) in [5, 5.41) is 27.2. The summed E-state index contributed by atoms with van der Waals surface area (Å²) >= 11 is 0. The normalized spacial score (nSPS) is 16.1. The van der Waals surface area contributed by atoms with E-state index in [1.54, 1.807) is 30.3 Å². The molecule has 0 aromatic heterocycles. The van der Waals surface area contributed by atoms with Gasteiger partial charge in [0.1, 0.15) is 5.60 Å². The van der Waals surface area contributed by atoms with Crippen molar-refractivity contribution in [2.75, 3.05) is 0 Å². The molecule has 12 heavy (non-hydrogen) atoms. The van der Waals surface area contributed by atoms with E-state index in [0.29, 0.717) is 5.56 Å². The molecule has 0 fully saturated rings. The van der Waals surface area contributed by atoms with Crippen LogP contribution in [0, 0.1) is 0 Å². The van der Waals surface area contributed by atoms with Gasteiger partial charge in [0, 0.05) is 0 Å². The zero-order valence-electron chi connectivity index (χ0n) is 6.81. The van der Waals surface area contributed by atoms with E-state index in [4.69, 9.17) is 10.2 Å². The first-order valence-electron chi connectivity index (χ1n) is 3.69. The molecule has 1 atom stereocenters. The Bertz CT molecular complexity index is 241. The monoisotopic (exact) mass is 168 g/mol. The van der Waals surface area contributed by atoms with Crippen molar-refractivity contribution in [2.24, 2.45) is 0 Å². The van der Waals surface area contributed by atoms with Crippen LogP contribution in [-0.2, 0) is 5.60 Å². The third-order valence-electron chi connectivity index (χ3n) is 1.86. The van der Waals surface area contributed by atoms with E-state index in [2.05, 4.69) is 0 Å². The van der Waals surface area contributed by atoms with Crippen molar-refractivity contribution in [2.45, 2.75) is 18.8 Å². The number of benzene rings is 1. The van der Waals surface area contributed by atoms with Crippen LogP contribution in [0.15, 0.2) is 30.3 Å². The van der Waals surface area contributed by atoms with Crippen molar-refractivity contribution in [1.82, 2.24) is 0 Å². The van der Waals surface area contributed by atoms with Crippen LogP contribution < -0.4 is 0 Å². The van der Waals surface area contributed by atoms with Gasteiger partial charge in [-0.05, 0) is 12.5 Å². The standard InChI is InChI=1S/C9H12O3/c1-9(12,8(10)11)7-5-3-2-4-6-7/h2-6,8,10-12H,1H3. The third kappa shape index (κ3) is 1.64. The second kappa shape index (κ2) is 3.23. The predicted octanol–water partition coefficient (Wildman–Crippen LogP) is 0.205. The molecular formula is C9H12O3. The van der Waals surface area contributed by atoms with Crippen molar-refractivity contribution in [1.29, 1.82) is 0 Å². The lowest BCUT2D eigenvalue weighted by molar-refractivity contribution is -0.180. The minimum absolute atomic E-state index is 0.486. The lowest BCUT2D eigenvalue weighted by atomic mass is 9.96. The van der Waals surface area contributed by atoms with Crippen LogP contribution in [0.25, 0.3) is 0 Å². The van der Waals surface area contributed by atoms with Crippen molar-refractivity contribution < 1.29 is 15.3 Å². The fourth-order valence-electron chi connectivity index (χ4n) is 0.925. The first-order valence-corrected chi connectivity index (χ1v) is 3.69. The summed E-state index contributed by atoms with van der Waals surface area (Å²) in [6.07, 6.45) is -1.76. The lowest BCUT2D eigenvalue weighted by Gasteiger charge is -2.25. The molecule has 0 radical (unpaired) electrons. The molecule has 0 heterocycles. The molecule has 0 spiro atoms. The zero-order chi connectivity index (χ0) is 9.19. The Morgan fingerprint density at radius 1 is 1.17 bits per heavy atom. The second-order valence-corrected chi connectivity index (χ2v) is 2.89. The van der Waals surface area contributed by atoms with Crippen LogP contribution in [-0.4, -0.2) is 21.6 Å². The van der Waals surface area contributed by atoms with Gasteiger partial charge in [-0.15, -0.1) is 0 Å². The van der Waals surface area contributed by atoms with Gasteiger partial charge in [-0.25, -0.2) is 0 Å². The first-order chi connectivity index (χ1) is 5.55. The van der Waals surface area contributed by atoms with Gasteiger partial charge in [-0.1, -0.05) is 30.3 Å². The zero-order valence-corrected chi connectivity index (χ0v) is 6.81. The molecule has 0 bridgehead atoms. The maximum absolute atomic E-state index is 9.56. The molecule has 0 aliphatic carbocycles. The van der Waals surface area contributed by atoms with Gasteiger partial charge in [0.25, 0.3) is 0 Å². The van der Waals surface area contributed by atoms with Crippen molar-refractivity contribution in [3.8, 4) is 0 Å². The average molecular weight is 168 g/mol. The van der Waals surface area contributed by atoms with Gasteiger partial charge in [0.2, 0.25) is 0 Å². The van der Waals surface area contributed by atoms with Gasteiger partial charge in [0.15, 0.2) is 6.29 Å². The molecule has 1 aromatic rings.